The number of nitrogens with two attached hydrogens (primary N) is 1. The Bertz CT molecular complexity index is 503. The lowest BCUT2D eigenvalue weighted by atomic mass is 10.3. The van der Waals surface area contributed by atoms with E-state index in [-0.39, 0.29) is 6.54 Å². The molecule has 2 N–H and O–H groups in total. The molecule has 0 fully saturated rings. The molecule has 0 spiro atoms. The molecule has 7 heteroatoms. The van der Waals surface area contributed by atoms with Gasteiger partial charge in [-0.15, -0.1) is 0 Å². The lowest BCUT2D eigenvalue weighted by molar-refractivity contribution is -0.145. The van der Waals surface area contributed by atoms with Crippen LogP contribution in [0.4, 0.5) is 13.2 Å². The van der Waals surface area contributed by atoms with Crippen LogP contribution >= 0.6 is 0 Å². The summed E-state index contributed by atoms with van der Waals surface area (Å²) in [5, 5.41) is 0. The fourth-order valence-corrected chi connectivity index (χ4v) is 1.52. The third kappa shape index (κ3) is 1.73. The summed E-state index contributed by atoms with van der Waals surface area (Å²) < 4.78 is 38.9. The van der Waals surface area contributed by atoms with Gasteiger partial charge in [0.25, 0.3) is 0 Å². The molecule has 0 unspecified atom stereocenters. The van der Waals surface area contributed by atoms with E-state index in [0.29, 0.717) is 17.6 Å². The second kappa shape index (κ2) is 3.75. The fourth-order valence-electron chi connectivity index (χ4n) is 1.52. The smallest absolute Gasteiger partial charge is 0.330 e. The topological polar surface area (TPSA) is 56.2 Å². The van der Waals surface area contributed by atoms with Crippen molar-refractivity contribution in [2.45, 2.75) is 12.6 Å². The lowest BCUT2D eigenvalue weighted by Gasteiger charge is -2.03. The zero-order valence-corrected chi connectivity index (χ0v) is 8.20. The normalized spacial score (nSPS) is 12.2. The van der Waals surface area contributed by atoms with Gasteiger partial charge in [0.2, 0.25) is 5.82 Å². The molecule has 16 heavy (non-hydrogen) atoms. The summed E-state index contributed by atoms with van der Waals surface area (Å²) in [4.78, 5) is 7.35. The van der Waals surface area contributed by atoms with Crippen LogP contribution in [0.25, 0.3) is 5.52 Å². The minimum Gasteiger partial charge on any atom is -0.330 e. The highest BCUT2D eigenvalue weighted by Gasteiger charge is 2.36. The number of aromatic nitrogens is 3. The minimum absolute atomic E-state index is 0.249. The second-order valence-corrected chi connectivity index (χ2v) is 3.25. The number of fused-ring (bicyclic) bond motifs is 1. The molecule has 0 radical (unpaired) electrons. The van der Waals surface area contributed by atoms with Gasteiger partial charge in [-0.05, 0) is 6.54 Å². The van der Waals surface area contributed by atoms with Crippen LogP contribution in [-0.2, 0) is 12.6 Å². The van der Waals surface area contributed by atoms with Crippen molar-refractivity contribution in [2.75, 3.05) is 6.54 Å². The molecule has 2 aromatic rings. The van der Waals surface area contributed by atoms with Crippen LogP contribution in [0.3, 0.4) is 0 Å². The molecule has 2 heterocycles. The average molecular weight is 230 g/mol. The first kappa shape index (κ1) is 10.9. The Balaban J connectivity index is 2.67. The van der Waals surface area contributed by atoms with E-state index in [2.05, 4.69) is 9.97 Å². The average Bonchev–Trinajstić information content (AvgIpc) is 2.58. The Morgan fingerprint density at radius 1 is 1.38 bits per heavy atom. The predicted molar refractivity (Wildman–Crippen MR) is 50.7 cm³/mol. The van der Waals surface area contributed by atoms with Gasteiger partial charge in [-0.1, -0.05) is 0 Å². The molecule has 2 rings (SSSR count). The molecule has 0 aliphatic carbocycles. The molecule has 86 valence electrons. The molecule has 0 saturated heterocycles. The summed E-state index contributed by atoms with van der Waals surface area (Å²) in [5.41, 5.74) is 5.99. The Kier molecular flexibility index (Phi) is 2.55. The highest BCUT2D eigenvalue weighted by Crippen LogP contribution is 2.29. The van der Waals surface area contributed by atoms with Crippen LogP contribution in [0.1, 0.15) is 11.5 Å². The molecule has 0 saturated carbocycles. The molecule has 0 bridgehead atoms. The summed E-state index contributed by atoms with van der Waals surface area (Å²) in [6, 6.07) is 0. The van der Waals surface area contributed by atoms with Crippen molar-refractivity contribution in [1.29, 1.82) is 0 Å². The first-order valence-corrected chi connectivity index (χ1v) is 4.62. The van der Waals surface area contributed by atoms with Crippen molar-refractivity contribution in [3.05, 3.63) is 30.1 Å². The first-order chi connectivity index (χ1) is 7.54. The zero-order valence-electron chi connectivity index (χ0n) is 8.20. The summed E-state index contributed by atoms with van der Waals surface area (Å²) in [7, 11) is 0. The van der Waals surface area contributed by atoms with Gasteiger partial charge in [-0.2, -0.15) is 13.2 Å². The molecular weight excluding hydrogens is 221 g/mol. The van der Waals surface area contributed by atoms with Gasteiger partial charge < -0.3 is 5.73 Å². The van der Waals surface area contributed by atoms with E-state index in [9.17, 15) is 13.2 Å². The molecular formula is C9H9F3N4. The van der Waals surface area contributed by atoms with Gasteiger partial charge in [0.1, 0.15) is 0 Å². The van der Waals surface area contributed by atoms with E-state index in [4.69, 9.17) is 5.73 Å². The molecule has 2 aromatic heterocycles. The van der Waals surface area contributed by atoms with Crippen LogP contribution in [0, 0.1) is 0 Å². The van der Waals surface area contributed by atoms with Crippen LogP contribution in [0.5, 0.6) is 0 Å². The molecule has 0 aliphatic rings. The standard InChI is InChI=1S/C9H9F3N4/c10-9(11,12)8-15-6(1-2-13)7-5-14-3-4-16(7)8/h3-5H,1-2,13H2. The number of alkyl halides is 3. The van der Waals surface area contributed by atoms with Gasteiger partial charge >= 0.3 is 6.18 Å². The van der Waals surface area contributed by atoms with E-state index < -0.39 is 12.0 Å². The maximum atomic E-state index is 12.6. The quantitative estimate of drug-likeness (QED) is 0.844. The van der Waals surface area contributed by atoms with Crippen molar-refractivity contribution in [1.82, 2.24) is 14.4 Å². The van der Waals surface area contributed by atoms with E-state index in [1.54, 1.807) is 0 Å². The van der Waals surface area contributed by atoms with Crippen LogP contribution < -0.4 is 5.73 Å². The van der Waals surface area contributed by atoms with Gasteiger partial charge in [-0.3, -0.25) is 9.38 Å². The number of halogens is 3. The van der Waals surface area contributed by atoms with E-state index in [1.807, 2.05) is 0 Å². The van der Waals surface area contributed by atoms with Gasteiger partial charge in [0.15, 0.2) is 0 Å². The van der Waals surface area contributed by atoms with Crippen LogP contribution in [0.2, 0.25) is 0 Å². The van der Waals surface area contributed by atoms with Crippen molar-refractivity contribution in [3.63, 3.8) is 0 Å². The van der Waals surface area contributed by atoms with Crippen molar-refractivity contribution < 1.29 is 13.2 Å². The maximum absolute atomic E-state index is 12.6. The summed E-state index contributed by atoms with van der Waals surface area (Å²) in [6.07, 6.45) is -0.295. The van der Waals surface area contributed by atoms with Crippen LogP contribution in [-0.4, -0.2) is 20.9 Å². The molecule has 4 nitrogen and oxygen atoms in total. The highest BCUT2D eigenvalue weighted by atomic mass is 19.4. The van der Waals surface area contributed by atoms with Crippen LogP contribution in [0.15, 0.2) is 18.6 Å². The highest BCUT2D eigenvalue weighted by molar-refractivity contribution is 5.51. The Hall–Kier alpha value is -1.63. The van der Waals surface area contributed by atoms with Crippen molar-refractivity contribution in [2.24, 2.45) is 5.73 Å². The van der Waals surface area contributed by atoms with Gasteiger partial charge in [0, 0.05) is 18.8 Å². The Morgan fingerprint density at radius 3 is 2.75 bits per heavy atom. The molecule has 0 amide bonds. The zero-order chi connectivity index (χ0) is 11.8. The van der Waals surface area contributed by atoms with E-state index in [0.717, 1.165) is 4.40 Å². The summed E-state index contributed by atoms with van der Waals surface area (Å²) in [6.45, 7) is 0.249. The number of nitrogens with zero attached hydrogens (tertiary/aromatic N) is 3. The third-order valence-electron chi connectivity index (χ3n) is 2.16. The largest absolute Gasteiger partial charge is 0.450 e. The number of hydrogen-bond acceptors (Lipinski definition) is 3. The van der Waals surface area contributed by atoms with Crippen molar-refractivity contribution >= 4 is 5.52 Å². The lowest BCUT2D eigenvalue weighted by Crippen LogP contribution is -2.10. The number of rotatable bonds is 2. The first-order valence-electron chi connectivity index (χ1n) is 4.62. The minimum atomic E-state index is -4.48. The molecule has 0 aliphatic heterocycles. The summed E-state index contributed by atoms with van der Waals surface area (Å²) >= 11 is 0. The number of hydrogen-bond donors (Lipinski definition) is 1. The van der Waals surface area contributed by atoms with E-state index >= 15 is 0 Å². The van der Waals surface area contributed by atoms with Gasteiger partial charge in [-0.25, -0.2) is 4.98 Å². The number of imidazole rings is 1. The third-order valence-corrected chi connectivity index (χ3v) is 2.16. The Labute approximate surface area is 88.9 Å². The Morgan fingerprint density at radius 2 is 2.12 bits per heavy atom. The SMILES string of the molecule is NCCc1nc(C(F)(F)F)n2ccncc12. The molecule has 0 atom stereocenters. The molecule has 0 aromatic carbocycles. The van der Waals surface area contributed by atoms with Gasteiger partial charge in [0.05, 0.1) is 17.4 Å². The predicted octanol–water partition coefficient (Wildman–Crippen LogP) is 1.25. The monoisotopic (exact) mass is 230 g/mol. The summed E-state index contributed by atoms with van der Waals surface area (Å²) in [5.74, 6) is -0.937. The van der Waals surface area contributed by atoms with E-state index in [1.165, 1.54) is 18.6 Å². The maximum Gasteiger partial charge on any atom is 0.450 e. The van der Waals surface area contributed by atoms with Crippen molar-refractivity contribution in [3.8, 4) is 0 Å². The fraction of sp³-hybridized carbons (Fsp3) is 0.333. The second-order valence-electron chi connectivity index (χ2n) is 3.25.